The van der Waals surface area contributed by atoms with Crippen molar-refractivity contribution in [2.45, 2.75) is 6.42 Å². The summed E-state index contributed by atoms with van der Waals surface area (Å²) in [7, 11) is 1.61. The fraction of sp³-hybridized carbons (Fsp3) is 0.278. The predicted molar refractivity (Wildman–Crippen MR) is 93.4 cm³/mol. The third-order valence-electron chi connectivity index (χ3n) is 3.85. The number of benzene rings is 2. The summed E-state index contributed by atoms with van der Waals surface area (Å²) in [6, 6.07) is 15.5. The normalized spacial score (nSPS) is 13.5. The second kappa shape index (κ2) is 7.05. The molecule has 0 radical (unpaired) electrons. The second-order valence-electron chi connectivity index (χ2n) is 5.50. The van der Waals surface area contributed by atoms with Gasteiger partial charge in [-0.2, -0.15) is 0 Å². The van der Waals surface area contributed by atoms with Gasteiger partial charge in [0.15, 0.2) is 0 Å². The van der Waals surface area contributed by atoms with Crippen LogP contribution >= 0.6 is 0 Å². The number of nitrogens with zero attached hydrogens (tertiary/aromatic N) is 1. The van der Waals surface area contributed by atoms with Gasteiger partial charge in [0.2, 0.25) is 5.91 Å². The number of carbonyl (C=O) groups excluding carboxylic acids is 1. The molecule has 2 aromatic rings. The predicted octanol–water partition coefficient (Wildman–Crippen LogP) is 2.96. The van der Waals surface area contributed by atoms with E-state index in [1.807, 2.05) is 48.5 Å². The number of hydrogen-bond acceptors (Lipinski definition) is 4. The smallest absolute Gasteiger partial charge is 0.243 e. The summed E-state index contributed by atoms with van der Waals surface area (Å²) in [6.07, 6.45) is 1.00. The highest BCUT2D eigenvalue weighted by molar-refractivity contribution is 5.94. The number of ether oxygens (including phenoxy) is 1. The summed E-state index contributed by atoms with van der Waals surface area (Å²) < 4.78 is 5.18. The van der Waals surface area contributed by atoms with Crippen molar-refractivity contribution < 1.29 is 9.53 Å². The van der Waals surface area contributed by atoms with Crippen LogP contribution in [-0.4, -0.2) is 32.7 Å². The van der Waals surface area contributed by atoms with Gasteiger partial charge in [-0.05, 0) is 30.7 Å². The molecule has 0 saturated heterocycles. The van der Waals surface area contributed by atoms with Gasteiger partial charge in [-0.3, -0.25) is 4.79 Å². The Bertz CT molecular complexity index is 687. The van der Waals surface area contributed by atoms with E-state index in [1.54, 1.807) is 7.11 Å². The van der Waals surface area contributed by atoms with E-state index >= 15 is 0 Å². The highest BCUT2D eigenvalue weighted by Gasteiger charge is 2.17. The lowest BCUT2D eigenvalue weighted by Gasteiger charge is -2.23. The molecule has 3 rings (SSSR count). The maximum Gasteiger partial charge on any atom is 0.243 e. The van der Waals surface area contributed by atoms with Crippen LogP contribution in [0, 0.1) is 0 Å². The van der Waals surface area contributed by atoms with Gasteiger partial charge in [0.05, 0.1) is 25.0 Å². The molecular weight excluding hydrogens is 290 g/mol. The number of methoxy groups -OCH3 is 1. The summed E-state index contributed by atoms with van der Waals surface area (Å²) >= 11 is 0. The quantitative estimate of drug-likeness (QED) is 0.911. The van der Waals surface area contributed by atoms with Gasteiger partial charge in [0.25, 0.3) is 0 Å². The Morgan fingerprint density at radius 3 is 3.00 bits per heavy atom. The molecule has 1 heterocycles. The lowest BCUT2D eigenvalue weighted by Crippen LogP contribution is -2.33. The molecule has 120 valence electrons. The van der Waals surface area contributed by atoms with E-state index in [4.69, 9.17) is 4.74 Å². The molecule has 0 bridgehead atoms. The van der Waals surface area contributed by atoms with Crippen LogP contribution < -0.4 is 20.3 Å². The second-order valence-corrected chi connectivity index (χ2v) is 5.50. The van der Waals surface area contributed by atoms with E-state index in [0.29, 0.717) is 6.54 Å². The Morgan fingerprint density at radius 1 is 1.26 bits per heavy atom. The fourth-order valence-corrected chi connectivity index (χ4v) is 2.75. The average molecular weight is 311 g/mol. The number of nitrogens with one attached hydrogen (secondary N) is 2. The molecule has 5 heteroatoms. The zero-order valence-electron chi connectivity index (χ0n) is 13.2. The number of carbonyl (C=O) groups is 1. The van der Waals surface area contributed by atoms with Crippen LogP contribution in [0.5, 0.6) is 5.75 Å². The molecule has 0 aromatic heterocycles. The first kappa shape index (κ1) is 15.2. The topological polar surface area (TPSA) is 53.6 Å². The van der Waals surface area contributed by atoms with Crippen molar-refractivity contribution in [3.8, 4) is 5.75 Å². The number of amides is 1. The van der Waals surface area contributed by atoms with Crippen LogP contribution in [-0.2, 0) is 4.79 Å². The molecule has 2 aromatic carbocycles. The summed E-state index contributed by atoms with van der Waals surface area (Å²) in [6.45, 7) is 2.11. The maximum atomic E-state index is 12.4. The molecule has 1 aliphatic heterocycles. The van der Waals surface area contributed by atoms with Crippen LogP contribution in [0.2, 0.25) is 0 Å². The van der Waals surface area contributed by atoms with Crippen molar-refractivity contribution in [1.82, 2.24) is 0 Å². The first-order valence-corrected chi connectivity index (χ1v) is 7.78. The SMILES string of the molecule is COc1cccc(NC(=O)CN2CCCNc3ccccc32)c1. The van der Waals surface area contributed by atoms with Gasteiger partial charge in [-0.15, -0.1) is 0 Å². The number of fused-ring (bicyclic) bond motifs is 1. The third-order valence-corrected chi connectivity index (χ3v) is 3.85. The number of rotatable bonds is 4. The van der Waals surface area contributed by atoms with Crippen molar-refractivity contribution in [1.29, 1.82) is 0 Å². The minimum Gasteiger partial charge on any atom is -0.497 e. The van der Waals surface area contributed by atoms with Gasteiger partial charge >= 0.3 is 0 Å². The van der Waals surface area contributed by atoms with Crippen LogP contribution in [0.3, 0.4) is 0 Å². The molecule has 0 atom stereocenters. The highest BCUT2D eigenvalue weighted by Crippen LogP contribution is 2.27. The van der Waals surface area contributed by atoms with E-state index in [-0.39, 0.29) is 5.91 Å². The fourth-order valence-electron chi connectivity index (χ4n) is 2.75. The van der Waals surface area contributed by atoms with E-state index in [2.05, 4.69) is 15.5 Å². The molecule has 0 spiro atoms. The van der Waals surface area contributed by atoms with E-state index in [0.717, 1.165) is 42.3 Å². The van der Waals surface area contributed by atoms with E-state index < -0.39 is 0 Å². The van der Waals surface area contributed by atoms with Gasteiger partial charge in [-0.1, -0.05) is 18.2 Å². The standard InChI is InChI=1S/C18H21N3O2/c1-23-15-7-4-6-14(12-15)20-18(22)13-21-11-5-10-19-16-8-2-3-9-17(16)21/h2-4,6-9,12,19H,5,10-11,13H2,1H3,(H,20,22). The van der Waals surface area contributed by atoms with Gasteiger partial charge in [0, 0.05) is 24.8 Å². The van der Waals surface area contributed by atoms with Crippen molar-refractivity contribution >= 4 is 23.0 Å². The third kappa shape index (κ3) is 3.74. The van der Waals surface area contributed by atoms with Gasteiger partial charge in [-0.25, -0.2) is 0 Å². The van der Waals surface area contributed by atoms with Crippen LogP contribution in [0.25, 0.3) is 0 Å². The van der Waals surface area contributed by atoms with Crippen molar-refractivity contribution in [2.75, 3.05) is 42.3 Å². The molecule has 2 N–H and O–H groups in total. The minimum atomic E-state index is -0.0324. The largest absolute Gasteiger partial charge is 0.497 e. The summed E-state index contributed by atoms with van der Waals surface area (Å²) in [5, 5.41) is 6.34. The average Bonchev–Trinajstić information content (AvgIpc) is 2.77. The monoisotopic (exact) mass is 311 g/mol. The molecule has 1 amide bonds. The summed E-state index contributed by atoms with van der Waals surface area (Å²) in [5.41, 5.74) is 2.90. The maximum absolute atomic E-state index is 12.4. The molecule has 0 unspecified atom stereocenters. The highest BCUT2D eigenvalue weighted by atomic mass is 16.5. The zero-order valence-corrected chi connectivity index (χ0v) is 13.2. The molecule has 1 aliphatic rings. The van der Waals surface area contributed by atoms with Crippen LogP contribution in [0.1, 0.15) is 6.42 Å². The van der Waals surface area contributed by atoms with E-state index in [1.165, 1.54) is 0 Å². The first-order valence-electron chi connectivity index (χ1n) is 7.78. The number of hydrogen-bond donors (Lipinski definition) is 2. The minimum absolute atomic E-state index is 0.0324. The van der Waals surface area contributed by atoms with Crippen molar-refractivity contribution in [3.05, 3.63) is 48.5 Å². The Morgan fingerprint density at radius 2 is 2.13 bits per heavy atom. The summed E-state index contributed by atoms with van der Waals surface area (Å²) in [4.78, 5) is 14.5. The Hall–Kier alpha value is -2.69. The molecule has 0 fully saturated rings. The molecule has 5 nitrogen and oxygen atoms in total. The molecule has 23 heavy (non-hydrogen) atoms. The lowest BCUT2D eigenvalue weighted by atomic mass is 10.2. The van der Waals surface area contributed by atoms with Gasteiger partial charge < -0.3 is 20.3 Å². The molecule has 0 aliphatic carbocycles. The zero-order chi connectivity index (χ0) is 16.1. The number of anilines is 3. The Balaban J connectivity index is 1.70. The van der Waals surface area contributed by atoms with Crippen LogP contribution in [0.4, 0.5) is 17.1 Å². The van der Waals surface area contributed by atoms with Crippen molar-refractivity contribution in [3.63, 3.8) is 0 Å². The Kier molecular flexibility index (Phi) is 4.66. The summed E-state index contributed by atoms with van der Waals surface area (Å²) in [5.74, 6) is 0.696. The molecular formula is C18H21N3O2. The van der Waals surface area contributed by atoms with E-state index in [9.17, 15) is 4.79 Å². The first-order chi connectivity index (χ1) is 11.3. The van der Waals surface area contributed by atoms with Crippen molar-refractivity contribution in [2.24, 2.45) is 0 Å². The number of para-hydroxylation sites is 2. The lowest BCUT2D eigenvalue weighted by molar-refractivity contribution is -0.115. The van der Waals surface area contributed by atoms with Gasteiger partial charge in [0.1, 0.15) is 5.75 Å². The Labute approximate surface area is 136 Å². The molecule has 0 saturated carbocycles. The van der Waals surface area contributed by atoms with Crippen LogP contribution in [0.15, 0.2) is 48.5 Å².